The number of nitrogens with one attached hydrogen (secondary N) is 2. The van der Waals surface area contributed by atoms with Crippen molar-refractivity contribution in [2.45, 2.75) is 37.8 Å². The molecule has 2 aromatic heterocycles. The van der Waals surface area contributed by atoms with Crippen LogP contribution >= 0.6 is 11.3 Å². The predicted molar refractivity (Wildman–Crippen MR) is 110 cm³/mol. The minimum absolute atomic E-state index is 0.110. The highest BCUT2D eigenvalue weighted by Gasteiger charge is 2.34. The van der Waals surface area contributed by atoms with Crippen LogP contribution in [0.5, 0.6) is 0 Å². The van der Waals surface area contributed by atoms with E-state index in [1.165, 1.54) is 22.5 Å². The Bertz CT molecular complexity index is 826. The minimum Gasteiger partial charge on any atom is -0.467 e. The van der Waals surface area contributed by atoms with Crippen molar-refractivity contribution in [3.05, 3.63) is 59.2 Å². The molecule has 0 aromatic carbocycles. The fraction of sp³-hybridized carbons (Fsp3) is 0.381. The first kappa shape index (κ1) is 20.9. The maximum absolute atomic E-state index is 13.1. The summed E-state index contributed by atoms with van der Waals surface area (Å²) in [6.07, 6.45) is 7.06. The third-order valence-corrected chi connectivity index (χ3v) is 5.73. The zero-order valence-corrected chi connectivity index (χ0v) is 17.0. The van der Waals surface area contributed by atoms with Gasteiger partial charge in [0, 0.05) is 12.6 Å². The first-order valence-corrected chi connectivity index (χ1v) is 10.5. The number of hydrogen-bond donors (Lipinski definition) is 2. The Balaban J connectivity index is 1.73. The summed E-state index contributed by atoms with van der Waals surface area (Å²) in [5.74, 6) is -0.624. The smallest absolute Gasteiger partial charge is 0.261 e. The molecule has 3 amide bonds. The summed E-state index contributed by atoms with van der Waals surface area (Å²) >= 11 is 1.30. The maximum atomic E-state index is 13.1. The number of carbonyl (C=O) groups excluding carboxylic acids is 3. The van der Waals surface area contributed by atoms with Crippen molar-refractivity contribution >= 4 is 29.1 Å². The third kappa shape index (κ3) is 5.35. The second-order valence-corrected chi connectivity index (χ2v) is 7.85. The largest absolute Gasteiger partial charge is 0.467 e. The molecule has 1 fully saturated rings. The summed E-state index contributed by atoms with van der Waals surface area (Å²) in [7, 11) is 0. The Morgan fingerprint density at radius 1 is 1.28 bits per heavy atom. The Morgan fingerprint density at radius 3 is 2.69 bits per heavy atom. The van der Waals surface area contributed by atoms with Crippen LogP contribution in [0.25, 0.3) is 0 Å². The lowest BCUT2D eigenvalue weighted by molar-refractivity contribution is -0.140. The molecule has 1 aliphatic rings. The van der Waals surface area contributed by atoms with Gasteiger partial charge >= 0.3 is 0 Å². The average Bonchev–Trinajstić information content (AvgIpc) is 3.48. The van der Waals surface area contributed by atoms with Crippen LogP contribution in [0.4, 0.5) is 0 Å². The Labute approximate surface area is 173 Å². The molecule has 2 heterocycles. The Kier molecular flexibility index (Phi) is 7.24. The van der Waals surface area contributed by atoms with Gasteiger partial charge in [0.1, 0.15) is 5.76 Å². The first-order chi connectivity index (χ1) is 14.1. The van der Waals surface area contributed by atoms with E-state index in [9.17, 15) is 14.4 Å². The van der Waals surface area contributed by atoms with E-state index in [2.05, 4.69) is 17.2 Å². The van der Waals surface area contributed by atoms with Crippen LogP contribution in [0.1, 0.15) is 47.2 Å². The molecule has 0 unspecified atom stereocenters. The number of rotatable bonds is 9. The molecule has 0 bridgehead atoms. The molecule has 1 aliphatic carbocycles. The number of thiophene rings is 1. The van der Waals surface area contributed by atoms with Gasteiger partial charge in [0.15, 0.2) is 6.04 Å². The van der Waals surface area contributed by atoms with E-state index < -0.39 is 11.9 Å². The standard InChI is InChI=1S/C21H25N3O4S/c1-2-11-24(18(25)14-22-20(26)17-10-6-13-29-17)19(16-9-5-12-28-16)21(27)23-15-7-3-4-8-15/h2,5-6,9-10,12-13,15,19H,1,3-4,7-8,11,14H2,(H,22,26)(H,23,27)/t19-/m0/s1. The first-order valence-electron chi connectivity index (χ1n) is 9.66. The van der Waals surface area contributed by atoms with E-state index >= 15 is 0 Å². The molecular formula is C21H25N3O4S. The van der Waals surface area contributed by atoms with E-state index in [1.807, 2.05) is 0 Å². The molecule has 154 valence electrons. The highest BCUT2D eigenvalue weighted by atomic mass is 32.1. The summed E-state index contributed by atoms with van der Waals surface area (Å²) in [4.78, 5) is 40.1. The van der Waals surface area contributed by atoms with Crippen molar-refractivity contribution < 1.29 is 18.8 Å². The molecule has 2 N–H and O–H groups in total. The lowest BCUT2D eigenvalue weighted by Gasteiger charge is -2.30. The fourth-order valence-electron chi connectivity index (χ4n) is 3.46. The van der Waals surface area contributed by atoms with Gasteiger partial charge in [0.2, 0.25) is 5.91 Å². The molecular weight excluding hydrogens is 390 g/mol. The lowest BCUT2D eigenvalue weighted by atomic mass is 10.1. The molecule has 29 heavy (non-hydrogen) atoms. The van der Waals surface area contributed by atoms with Crippen LogP contribution in [0.15, 0.2) is 53.0 Å². The normalized spacial score (nSPS) is 14.9. The second kappa shape index (κ2) is 10.1. The molecule has 0 spiro atoms. The minimum atomic E-state index is -0.922. The van der Waals surface area contributed by atoms with Gasteiger partial charge in [0.25, 0.3) is 11.8 Å². The van der Waals surface area contributed by atoms with Gasteiger partial charge in [-0.25, -0.2) is 0 Å². The molecule has 0 saturated heterocycles. The molecule has 7 nitrogen and oxygen atoms in total. The van der Waals surface area contributed by atoms with E-state index in [-0.39, 0.29) is 30.9 Å². The lowest BCUT2D eigenvalue weighted by Crippen LogP contribution is -2.48. The highest BCUT2D eigenvalue weighted by Crippen LogP contribution is 2.24. The summed E-state index contributed by atoms with van der Waals surface area (Å²) in [6, 6.07) is 6.00. The second-order valence-electron chi connectivity index (χ2n) is 6.90. The Morgan fingerprint density at radius 2 is 2.07 bits per heavy atom. The van der Waals surface area contributed by atoms with Crippen LogP contribution < -0.4 is 10.6 Å². The van der Waals surface area contributed by atoms with Gasteiger partial charge in [-0.3, -0.25) is 14.4 Å². The topological polar surface area (TPSA) is 91.7 Å². The van der Waals surface area contributed by atoms with E-state index in [0.717, 1.165) is 25.7 Å². The van der Waals surface area contributed by atoms with E-state index in [1.54, 1.807) is 35.7 Å². The van der Waals surface area contributed by atoms with E-state index in [4.69, 9.17) is 4.42 Å². The number of amides is 3. The van der Waals surface area contributed by atoms with Crippen LogP contribution in [-0.2, 0) is 9.59 Å². The zero-order valence-electron chi connectivity index (χ0n) is 16.1. The van der Waals surface area contributed by atoms with Crippen molar-refractivity contribution in [1.29, 1.82) is 0 Å². The molecule has 0 radical (unpaired) electrons. The fourth-order valence-corrected chi connectivity index (χ4v) is 4.10. The number of carbonyl (C=O) groups is 3. The van der Waals surface area contributed by atoms with Crippen molar-refractivity contribution in [2.24, 2.45) is 0 Å². The van der Waals surface area contributed by atoms with Gasteiger partial charge < -0.3 is 20.0 Å². The monoisotopic (exact) mass is 415 g/mol. The molecule has 1 saturated carbocycles. The number of nitrogens with zero attached hydrogens (tertiary/aromatic N) is 1. The molecule has 8 heteroatoms. The van der Waals surface area contributed by atoms with E-state index in [0.29, 0.717) is 10.6 Å². The zero-order chi connectivity index (χ0) is 20.6. The maximum Gasteiger partial charge on any atom is 0.261 e. The average molecular weight is 416 g/mol. The molecule has 2 aromatic rings. The van der Waals surface area contributed by atoms with Crippen LogP contribution in [-0.4, -0.2) is 41.8 Å². The number of furan rings is 1. The van der Waals surface area contributed by atoms with Crippen LogP contribution in [0.3, 0.4) is 0 Å². The molecule has 3 rings (SSSR count). The van der Waals surface area contributed by atoms with Crippen molar-refractivity contribution in [3.8, 4) is 0 Å². The van der Waals surface area contributed by atoms with Crippen molar-refractivity contribution in [3.63, 3.8) is 0 Å². The third-order valence-electron chi connectivity index (χ3n) is 4.87. The Hall–Kier alpha value is -2.87. The van der Waals surface area contributed by atoms with Crippen LogP contribution in [0, 0.1) is 0 Å². The summed E-state index contributed by atoms with van der Waals surface area (Å²) in [5, 5.41) is 7.45. The summed E-state index contributed by atoms with van der Waals surface area (Å²) in [5.41, 5.74) is 0. The van der Waals surface area contributed by atoms with Gasteiger partial charge in [-0.15, -0.1) is 17.9 Å². The van der Waals surface area contributed by atoms with Crippen molar-refractivity contribution in [2.75, 3.05) is 13.1 Å². The molecule has 1 atom stereocenters. The van der Waals surface area contributed by atoms with Gasteiger partial charge in [-0.1, -0.05) is 25.0 Å². The molecule has 0 aliphatic heterocycles. The van der Waals surface area contributed by atoms with Gasteiger partial charge in [-0.2, -0.15) is 0 Å². The highest BCUT2D eigenvalue weighted by molar-refractivity contribution is 7.12. The van der Waals surface area contributed by atoms with Crippen LogP contribution in [0.2, 0.25) is 0 Å². The SMILES string of the molecule is C=CCN(C(=O)CNC(=O)c1cccs1)[C@H](C(=O)NC1CCCC1)c1ccco1. The van der Waals surface area contributed by atoms with Gasteiger partial charge in [0.05, 0.1) is 17.7 Å². The van der Waals surface area contributed by atoms with Crippen molar-refractivity contribution in [1.82, 2.24) is 15.5 Å². The van der Waals surface area contributed by atoms with Gasteiger partial charge in [-0.05, 0) is 36.4 Å². The summed E-state index contributed by atoms with van der Waals surface area (Å²) in [6.45, 7) is 3.63. The predicted octanol–water partition coefficient (Wildman–Crippen LogP) is 2.89. The number of hydrogen-bond acceptors (Lipinski definition) is 5. The quantitative estimate of drug-likeness (QED) is 0.616. The summed E-state index contributed by atoms with van der Waals surface area (Å²) < 4.78 is 5.47.